The molecule has 15 heavy (non-hydrogen) atoms. The molecule has 1 aromatic rings. The van der Waals surface area contributed by atoms with Gasteiger partial charge in [0.25, 0.3) is 9.05 Å². The summed E-state index contributed by atoms with van der Waals surface area (Å²) in [6.45, 7) is 3.97. The van der Waals surface area contributed by atoms with Crippen molar-refractivity contribution in [3.63, 3.8) is 0 Å². The van der Waals surface area contributed by atoms with E-state index in [2.05, 4.69) is 0 Å². The van der Waals surface area contributed by atoms with Gasteiger partial charge in [-0.2, -0.15) is 0 Å². The highest BCUT2D eigenvalue weighted by atomic mass is 35.7. The van der Waals surface area contributed by atoms with Crippen LogP contribution in [0.3, 0.4) is 0 Å². The van der Waals surface area contributed by atoms with E-state index in [1.165, 1.54) is 12.1 Å². The second-order valence-corrected chi connectivity index (χ2v) is 5.81. The Hall–Kier alpha value is -0.740. The van der Waals surface area contributed by atoms with E-state index in [0.717, 1.165) is 6.42 Å². The van der Waals surface area contributed by atoms with Gasteiger partial charge in [-0.3, -0.25) is 0 Å². The predicted octanol–water partition coefficient (Wildman–Crippen LogP) is 2.79. The van der Waals surface area contributed by atoms with Crippen LogP contribution in [-0.2, 0) is 9.05 Å². The van der Waals surface area contributed by atoms with Crippen molar-refractivity contribution in [3.05, 3.63) is 24.3 Å². The summed E-state index contributed by atoms with van der Waals surface area (Å²) in [6, 6.07) is 6.06. The maximum Gasteiger partial charge on any atom is 0.261 e. The smallest absolute Gasteiger partial charge is 0.261 e. The van der Waals surface area contributed by atoms with Crippen molar-refractivity contribution in [2.75, 3.05) is 0 Å². The molecular weight excluding hydrogens is 236 g/mol. The van der Waals surface area contributed by atoms with Crippen LogP contribution >= 0.6 is 10.7 Å². The molecule has 5 heteroatoms. The van der Waals surface area contributed by atoms with E-state index >= 15 is 0 Å². The molecule has 1 rings (SSSR count). The van der Waals surface area contributed by atoms with Crippen LogP contribution in [0, 0.1) is 0 Å². The first-order valence-electron chi connectivity index (χ1n) is 4.65. The fraction of sp³-hybridized carbons (Fsp3) is 0.400. The van der Waals surface area contributed by atoms with Crippen LogP contribution in [0.25, 0.3) is 0 Å². The second-order valence-electron chi connectivity index (χ2n) is 3.25. The molecule has 0 fully saturated rings. The van der Waals surface area contributed by atoms with Crippen LogP contribution in [0.1, 0.15) is 20.3 Å². The topological polar surface area (TPSA) is 43.4 Å². The van der Waals surface area contributed by atoms with Crippen molar-refractivity contribution in [1.29, 1.82) is 0 Å². The molecule has 0 aromatic heterocycles. The van der Waals surface area contributed by atoms with Crippen molar-refractivity contribution < 1.29 is 13.2 Å². The van der Waals surface area contributed by atoms with Crippen molar-refractivity contribution in [2.45, 2.75) is 31.3 Å². The van der Waals surface area contributed by atoms with Crippen LogP contribution < -0.4 is 4.74 Å². The highest BCUT2D eigenvalue weighted by Gasteiger charge is 2.09. The molecule has 1 aromatic carbocycles. The normalized spacial score (nSPS) is 13.5. The van der Waals surface area contributed by atoms with E-state index in [1.807, 2.05) is 13.8 Å². The van der Waals surface area contributed by atoms with Crippen LogP contribution in [0.5, 0.6) is 5.75 Å². The average Bonchev–Trinajstić information content (AvgIpc) is 2.17. The first-order chi connectivity index (χ1) is 6.93. The number of hydrogen-bond donors (Lipinski definition) is 0. The van der Waals surface area contributed by atoms with Crippen molar-refractivity contribution in [1.82, 2.24) is 0 Å². The third-order valence-electron chi connectivity index (χ3n) is 2.02. The van der Waals surface area contributed by atoms with Gasteiger partial charge in [0.1, 0.15) is 5.75 Å². The van der Waals surface area contributed by atoms with Crippen molar-refractivity contribution in [2.24, 2.45) is 0 Å². The molecule has 1 atom stereocenters. The summed E-state index contributed by atoms with van der Waals surface area (Å²) < 4.78 is 27.4. The molecule has 3 nitrogen and oxygen atoms in total. The van der Waals surface area contributed by atoms with Crippen LogP contribution in [-0.4, -0.2) is 14.5 Å². The Morgan fingerprint density at radius 3 is 2.27 bits per heavy atom. The van der Waals surface area contributed by atoms with Crippen LogP contribution in [0.2, 0.25) is 0 Å². The predicted molar refractivity (Wildman–Crippen MR) is 59.9 cm³/mol. The summed E-state index contributed by atoms with van der Waals surface area (Å²) in [5.41, 5.74) is 0. The van der Waals surface area contributed by atoms with Gasteiger partial charge in [0, 0.05) is 10.7 Å². The minimum atomic E-state index is -3.64. The van der Waals surface area contributed by atoms with Gasteiger partial charge in [0.2, 0.25) is 0 Å². The molecule has 0 aliphatic carbocycles. The molecule has 0 saturated carbocycles. The number of hydrogen-bond acceptors (Lipinski definition) is 3. The molecular formula is C10H13ClO3S. The number of benzene rings is 1. The van der Waals surface area contributed by atoms with E-state index < -0.39 is 9.05 Å². The molecule has 0 radical (unpaired) electrons. The van der Waals surface area contributed by atoms with Crippen molar-refractivity contribution >= 4 is 19.7 Å². The third-order valence-corrected chi connectivity index (χ3v) is 3.39. The summed E-state index contributed by atoms with van der Waals surface area (Å²) in [6.07, 6.45) is 1.01. The van der Waals surface area contributed by atoms with Crippen LogP contribution in [0.4, 0.5) is 0 Å². The summed E-state index contributed by atoms with van der Waals surface area (Å²) in [7, 11) is 1.54. The minimum absolute atomic E-state index is 0.0840. The van der Waals surface area contributed by atoms with Crippen LogP contribution in [0.15, 0.2) is 29.2 Å². The zero-order valence-corrected chi connectivity index (χ0v) is 10.2. The molecule has 0 spiro atoms. The Morgan fingerprint density at radius 2 is 1.87 bits per heavy atom. The zero-order chi connectivity index (χ0) is 11.5. The third kappa shape index (κ3) is 3.72. The van der Waals surface area contributed by atoms with Gasteiger partial charge < -0.3 is 4.74 Å². The standard InChI is InChI=1S/C10H13ClO3S/c1-3-8(2)14-9-4-6-10(7-5-9)15(11,12)13/h4-8H,3H2,1-2H3/t8-/m1/s1. The van der Waals surface area contributed by atoms with Gasteiger partial charge in [-0.05, 0) is 37.6 Å². The van der Waals surface area contributed by atoms with E-state index in [4.69, 9.17) is 15.4 Å². The highest BCUT2D eigenvalue weighted by molar-refractivity contribution is 8.13. The number of halogens is 1. The SMILES string of the molecule is CC[C@@H](C)Oc1ccc(S(=O)(=O)Cl)cc1. The monoisotopic (exact) mass is 248 g/mol. The van der Waals surface area contributed by atoms with E-state index in [-0.39, 0.29) is 11.0 Å². The molecule has 84 valence electrons. The first kappa shape index (κ1) is 12.3. The van der Waals surface area contributed by atoms with Gasteiger partial charge in [0.05, 0.1) is 11.0 Å². The molecule has 0 aliphatic heterocycles. The Bertz CT molecular complexity index is 411. The largest absolute Gasteiger partial charge is 0.491 e. The van der Waals surface area contributed by atoms with Gasteiger partial charge in [-0.25, -0.2) is 8.42 Å². The van der Waals surface area contributed by atoms with Gasteiger partial charge in [-0.1, -0.05) is 6.92 Å². The molecule has 0 heterocycles. The number of rotatable bonds is 4. The fourth-order valence-corrected chi connectivity index (χ4v) is 1.77. The van der Waals surface area contributed by atoms with E-state index in [1.54, 1.807) is 12.1 Å². The highest BCUT2D eigenvalue weighted by Crippen LogP contribution is 2.20. The average molecular weight is 249 g/mol. The summed E-state index contributed by atoms with van der Waals surface area (Å²) in [4.78, 5) is 0.0840. The number of ether oxygens (including phenoxy) is 1. The molecule has 0 saturated heterocycles. The Balaban J connectivity index is 2.82. The molecule has 0 aliphatic rings. The lowest BCUT2D eigenvalue weighted by Gasteiger charge is -2.12. The summed E-state index contributed by atoms with van der Waals surface area (Å²) in [5, 5.41) is 0. The lowest BCUT2D eigenvalue weighted by Crippen LogP contribution is -2.09. The molecule has 0 bridgehead atoms. The quantitative estimate of drug-likeness (QED) is 0.770. The minimum Gasteiger partial charge on any atom is -0.491 e. The van der Waals surface area contributed by atoms with Gasteiger partial charge in [-0.15, -0.1) is 0 Å². The fourth-order valence-electron chi connectivity index (χ4n) is 0.996. The second kappa shape index (κ2) is 4.86. The van der Waals surface area contributed by atoms with Gasteiger partial charge >= 0.3 is 0 Å². The Morgan fingerprint density at radius 1 is 1.33 bits per heavy atom. The zero-order valence-electron chi connectivity index (χ0n) is 8.60. The molecule has 0 amide bonds. The maximum absolute atomic E-state index is 10.9. The molecule has 0 N–H and O–H groups in total. The Kier molecular flexibility index (Phi) is 3.99. The lowest BCUT2D eigenvalue weighted by atomic mass is 10.3. The first-order valence-corrected chi connectivity index (χ1v) is 6.96. The summed E-state index contributed by atoms with van der Waals surface area (Å²) in [5.74, 6) is 0.647. The van der Waals surface area contributed by atoms with E-state index in [9.17, 15) is 8.42 Å². The summed E-state index contributed by atoms with van der Waals surface area (Å²) >= 11 is 0. The molecule has 0 unspecified atom stereocenters. The van der Waals surface area contributed by atoms with E-state index in [0.29, 0.717) is 5.75 Å². The maximum atomic E-state index is 10.9. The van der Waals surface area contributed by atoms with Gasteiger partial charge in [0.15, 0.2) is 0 Å². The van der Waals surface area contributed by atoms with Crippen molar-refractivity contribution in [3.8, 4) is 5.75 Å². The Labute approximate surface area is 94.4 Å². The lowest BCUT2D eigenvalue weighted by molar-refractivity contribution is 0.217.